The molecule has 12 heavy (non-hydrogen) atoms. The van der Waals surface area contributed by atoms with Crippen LogP contribution in [0.15, 0.2) is 36.9 Å². The van der Waals surface area contributed by atoms with Crippen LogP contribution in [0.3, 0.4) is 0 Å². The summed E-state index contributed by atoms with van der Waals surface area (Å²) >= 11 is 5.71. The highest BCUT2D eigenvalue weighted by Crippen LogP contribution is 2.18. The molecule has 0 unspecified atom stereocenters. The Bertz CT molecular complexity index is 253. The van der Waals surface area contributed by atoms with E-state index in [9.17, 15) is 0 Å². The van der Waals surface area contributed by atoms with Gasteiger partial charge in [-0.3, -0.25) is 0 Å². The van der Waals surface area contributed by atoms with Crippen molar-refractivity contribution in [1.82, 2.24) is 0 Å². The molecule has 1 aromatic rings. The molecule has 0 radical (unpaired) electrons. The van der Waals surface area contributed by atoms with Crippen LogP contribution < -0.4 is 0 Å². The average molecular weight is 183 g/mol. The standard InChI is InChI=1S/C10H11ClO/c1-2-8(7-12)9-3-5-10(11)6-4-9/h2-6,8,12H,1,7H2/t8-/m1/s1. The van der Waals surface area contributed by atoms with E-state index in [1.165, 1.54) is 0 Å². The predicted molar refractivity (Wildman–Crippen MR) is 51.5 cm³/mol. The number of rotatable bonds is 3. The number of hydrogen-bond donors (Lipinski definition) is 1. The van der Waals surface area contributed by atoms with Gasteiger partial charge in [0.2, 0.25) is 0 Å². The minimum atomic E-state index is 0.0160. The van der Waals surface area contributed by atoms with E-state index in [1.54, 1.807) is 6.08 Å². The molecule has 1 nitrogen and oxygen atoms in total. The first-order valence-corrected chi connectivity index (χ1v) is 4.14. The Morgan fingerprint density at radius 1 is 1.42 bits per heavy atom. The van der Waals surface area contributed by atoms with Crippen LogP contribution in [-0.4, -0.2) is 11.7 Å². The Labute approximate surface area is 77.3 Å². The van der Waals surface area contributed by atoms with Crippen molar-refractivity contribution in [2.24, 2.45) is 0 Å². The largest absolute Gasteiger partial charge is 0.395 e. The summed E-state index contributed by atoms with van der Waals surface area (Å²) in [6, 6.07) is 7.40. The fraction of sp³-hybridized carbons (Fsp3) is 0.200. The molecule has 0 saturated heterocycles. The van der Waals surface area contributed by atoms with Gasteiger partial charge >= 0.3 is 0 Å². The van der Waals surface area contributed by atoms with Gasteiger partial charge in [-0.2, -0.15) is 0 Å². The van der Waals surface area contributed by atoms with Gasteiger partial charge in [0.25, 0.3) is 0 Å². The van der Waals surface area contributed by atoms with E-state index >= 15 is 0 Å². The summed E-state index contributed by atoms with van der Waals surface area (Å²) in [6.07, 6.45) is 1.73. The zero-order chi connectivity index (χ0) is 8.97. The monoisotopic (exact) mass is 182 g/mol. The molecule has 1 aromatic carbocycles. The minimum absolute atomic E-state index is 0.0160. The molecule has 1 rings (SSSR count). The summed E-state index contributed by atoms with van der Waals surface area (Å²) < 4.78 is 0. The smallest absolute Gasteiger partial charge is 0.0534 e. The molecule has 2 heteroatoms. The fourth-order valence-corrected chi connectivity index (χ4v) is 1.15. The second-order valence-electron chi connectivity index (χ2n) is 2.58. The first-order valence-electron chi connectivity index (χ1n) is 3.77. The molecule has 0 heterocycles. The molecular formula is C10H11ClO. The molecule has 0 saturated carbocycles. The van der Waals surface area contributed by atoms with Crippen molar-refractivity contribution in [2.75, 3.05) is 6.61 Å². The Hall–Kier alpha value is -0.790. The lowest BCUT2D eigenvalue weighted by Crippen LogP contribution is -1.99. The van der Waals surface area contributed by atoms with Crippen molar-refractivity contribution in [3.63, 3.8) is 0 Å². The van der Waals surface area contributed by atoms with E-state index in [1.807, 2.05) is 24.3 Å². The fourth-order valence-electron chi connectivity index (χ4n) is 1.03. The molecule has 0 aliphatic rings. The summed E-state index contributed by atoms with van der Waals surface area (Å²) in [4.78, 5) is 0. The molecule has 64 valence electrons. The first kappa shape index (κ1) is 9.30. The summed E-state index contributed by atoms with van der Waals surface area (Å²) in [5, 5.41) is 9.65. The molecule has 0 spiro atoms. The molecule has 0 aliphatic carbocycles. The van der Waals surface area contributed by atoms with Crippen molar-refractivity contribution in [3.8, 4) is 0 Å². The Morgan fingerprint density at radius 3 is 2.42 bits per heavy atom. The lowest BCUT2D eigenvalue weighted by atomic mass is 10.0. The molecule has 1 atom stereocenters. The van der Waals surface area contributed by atoms with Gasteiger partial charge < -0.3 is 5.11 Å². The van der Waals surface area contributed by atoms with Crippen molar-refractivity contribution in [2.45, 2.75) is 5.92 Å². The van der Waals surface area contributed by atoms with Crippen LogP contribution in [0.5, 0.6) is 0 Å². The highest BCUT2D eigenvalue weighted by atomic mass is 35.5. The first-order chi connectivity index (χ1) is 5.77. The summed E-state index contributed by atoms with van der Waals surface area (Å²) in [5.41, 5.74) is 1.04. The van der Waals surface area contributed by atoms with E-state index in [2.05, 4.69) is 6.58 Å². The molecular weight excluding hydrogens is 172 g/mol. The Kier molecular flexibility index (Phi) is 3.32. The summed E-state index contributed by atoms with van der Waals surface area (Å²) in [6.45, 7) is 3.73. The van der Waals surface area contributed by atoms with Crippen molar-refractivity contribution < 1.29 is 5.11 Å². The quantitative estimate of drug-likeness (QED) is 0.713. The summed E-state index contributed by atoms with van der Waals surface area (Å²) in [7, 11) is 0. The Balaban J connectivity index is 2.87. The molecule has 0 aliphatic heterocycles. The molecule has 0 amide bonds. The van der Waals surface area contributed by atoms with Crippen molar-refractivity contribution >= 4 is 11.6 Å². The van der Waals surface area contributed by atoms with Crippen LogP contribution >= 0.6 is 11.6 Å². The molecule has 0 bridgehead atoms. The van der Waals surface area contributed by atoms with Crippen LogP contribution in [0.1, 0.15) is 11.5 Å². The van der Waals surface area contributed by atoms with Gasteiger partial charge in [0.1, 0.15) is 0 Å². The summed E-state index contributed by atoms with van der Waals surface area (Å²) in [5.74, 6) is 0.0160. The molecule has 0 fully saturated rings. The van der Waals surface area contributed by atoms with Gasteiger partial charge in [-0.25, -0.2) is 0 Å². The van der Waals surface area contributed by atoms with Crippen LogP contribution in [0.4, 0.5) is 0 Å². The number of aliphatic hydroxyl groups excluding tert-OH is 1. The Morgan fingerprint density at radius 2 is 2.00 bits per heavy atom. The second kappa shape index (κ2) is 4.29. The van der Waals surface area contributed by atoms with Gasteiger partial charge in [-0.1, -0.05) is 29.8 Å². The maximum absolute atomic E-state index is 8.94. The maximum Gasteiger partial charge on any atom is 0.0534 e. The SMILES string of the molecule is C=C[C@H](CO)c1ccc(Cl)cc1. The second-order valence-corrected chi connectivity index (χ2v) is 3.01. The van der Waals surface area contributed by atoms with E-state index in [4.69, 9.17) is 16.7 Å². The number of halogens is 1. The van der Waals surface area contributed by atoms with Crippen molar-refractivity contribution in [3.05, 3.63) is 47.5 Å². The minimum Gasteiger partial charge on any atom is -0.395 e. The van der Waals surface area contributed by atoms with Crippen molar-refractivity contribution in [1.29, 1.82) is 0 Å². The van der Waals surface area contributed by atoms with Gasteiger partial charge in [0.05, 0.1) is 6.61 Å². The van der Waals surface area contributed by atoms with E-state index in [0.717, 1.165) is 5.56 Å². The lowest BCUT2D eigenvalue weighted by molar-refractivity contribution is 0.283. The maximum atomic E-state index is 8.94. The van der Waals surface area contributed by atoms with Gasteiger partial charge in [0, 0.05) is 10.9 Å². The average Bonchev–Trinajstić information content (AvgIpc) is 2.10. The van der Waals surface area contributed by atoms with E-state index in [0.29, 0.717) is 5.02 Å². The zero-order valence-electron chi connectivity index (χ0n) is 6.70. The lowest BCUT2D eigenvalue weighted by Gasteiger charge is -2.08. The van der Waals surface area contributed by atoms with Gasteiger partial charge in [-0.15, -0.1) is 6.58 Å². The van der Waals surface area contributed by atoms with Gasteiger partial charge in [0.15, 0.2) is 0 Å². The highest BCUT2D eigenvalue weighted by molar-refractivity contribution is 6.30. The van der Waals surface area contributed by atoms with E-state index < -0.39 is 0 Å². The third-order valence-corrected chi connectivity index (χ3v) is 2.03. The predicted octanol–water partition coefficient (Wildman–Crippen LogP) is 2.60. The third kappa shape index (κ3) is 2.10. The number of aliphatic hydroxyl groups is 1. The topological polar surface area (TPSA) is 20.2 Å². The molecule has 1 N–H and O–H groups in total. The normalized spacial score (nSPS) is 12.5. The molecule has 0 aromatic heterocycles. The van der Waals surface area contributed by atoms with Crippen LogP contribution in [0.25, 0.3) is 0 Å². The van der Waals surface area contributed by atoms with Crippen LogP contribution in [-0.2, 0) is 0 Å². The van der Waals surface area contributed by atoms with Crippen LogP contribution in [0, 0.1) is 0 Å². The third-order valence-electron chi connectivity index (χ3n) is 1.78. The van der Waals surface area contributed by atoms with Gasteiger partial charge in [-0.05, 0) is 17.7 Å². The number of benzene rings is 1. The van der Waals surface area contributed by atoms with Crippen LogP contribution in [0.2, 0.25) is 5.02 Å². The van der Waals surface area contributed by atoms with E-state index in [-0.39, 0.29) is 12.5 Å². The number of hydrogen-bond acceptors (Lipinski definition) is 1. The highest BCUT2D eigenvalue weighted by Gasteiger charge is 2.04. The zero-order valence-corrected chi connectivity index (χ0v) is 7.46.